The first-order valence-corrected chi connectivity index (χ1v) is 5.78. The van der Waals surface area contributed by atoms with Gasteiger partial charge in [-0.05, 0) is 12.1 Å². The highest BCUT2D eigenvalue weighted by atomic mass is 32.2. The SMILES string of the molecule is O=[S@@]1C[S@](=O)c2ccccc21. The molecule has 2 nitrogen and oxygen atoms in total. The Hall–Kier alpha value is -0.480. The molecule has 0 fully saturated rings. The average molecular weight is 186 g/mol. The molecular formula is C7H6O2S2. The Morgan fingerprint density at radius 3 is 1.91 bits per heavy atom. The van der Waals surface area contributed by atoms with E-state index in [2.05, 4.69) is 0 Å². The van der Waals surface area contributed by atoms with E-state index in [1.54, 1.807) is 12.1 Å². The Morgan fingerprint density at radius 2 is 1.45 bits per heavy atom. The van der Waals surface area contributed by atoms with Crippen LogP contribution in [0.3, 0.4) is 0 Å². The molecule has 1 aromatic carbocycles. The molecular weight excluding hydrogens is 180 g/mol. The first-order valence-electron chi connectivity index (χ1n) is 3.15. The van der Waals surface area contributed by atoms with Crippen molar-refractivity contribution in [1.29, 1.82) is 0 Å². The Kier molecular flexibility index (Phi) is 1.65. The maximum atomic E-state index is 11.2. The zero-order valence-corrected chi connectivity index (χ0v) is 7.28. The van der Waals surface area contributed by atoms with E-state index in [4.69, 9.17) is 0 Å². The third-order valence-corrected chi connectivity index (χ3v) is 5.09. The minimum absolute atomic E-state index is 0.277. The van der Waals surface area contributed by atoms with Gasteiger partial charge >= 0.3 is 0 Å². The summed E-state index contributed by atoms with van der Waals surface area (Å²) in [4.78, 5) is 1.48. The quantitative estimate of drug-likeness (QED) is 0.602. The third kappa shape index (κ3) is 1.06. The molecule has 11 heavy (non-hydrogen) atoms. The summed E-state index contributed by atoms with van der Waals surface area (Å²) in [6.07, 6.45) is 0. The minimum Gasteiger partial charge on any atom is -0.253 e. The Morgan fingerprint density at radius 1 is 1.00 bits per heavy atom. The van der Waals surface area contributed by atoms with Crippen molar-refractivity contribution < 1.29 is 8.42 Å². The molecule has 0 saturated heterocycles. The van der Waals surface area contributed by atoms with Gasteiger partial charge < -0.3 is 0 Å². The van der Waals surface area contributed by atoms with Gasteiger partial charge in [-0.3, -0.25) is 8.42 Å². The minimum atomic E-state index is -1.03. The van der Waals surface area contributed by atoms with Crippen LogP contribution in [-0.4, -0.2) is 13.5 Å². The fourth-order valence-corrected chi connectivity index (χ4v) is 4.45. The highest BCUT2D eigenvalue weighted by Crippen LogP contribution is 2.25. The second-order valence-electron chi connectivity index (χ2n) is 2.26. The van der Waals surface area contributed by atoms with Crippen molar-refractivity contribution in [3.05, 3.63) is 24.3 Å². The summed E-state index contributed by atoms with van der Waals surface area (Å²) in [5.74, 6) is 0. The van der Waals surface area contributed by atoms with Gasteiger partial charge in [0.25, 0.3) is 0 Å². The summed E-state index contributed by atoms with van der Waals surface area (Å²) in [6, 6.07) is 7.19. The molecule has 0 bridgehead atoms. The van der Waals surface area contributed by atoms with Gasteiger partial charge in [0.05, 0.1) is 31.4 Å². The molecule has 1 aliphatic heterocycles. The summed E-state index contributed by atoms with van der Waals surface area (Å²) >= 11 is 0. The fraction of sp³-hybridized carbons (Fsp3) is 0.143. The lowest BCUT2D eigenvalue weighted by Crippen LogP contribution is -1.90. The van der Waals surface area contributed by atoms with E-state index in [1.807, 2.05) is 12.1 Å². The number of fused-ring (bicyclic) bond motifs is 1. The Balaban J connectivity index is 2.69. The molecule has 0 aromatic heterocycles. The van der Waals surface area contributed by atoms with E-state index < -0.39 is 21.6 Å². The van der Waals surface area contributed by atoms with Gasteiger partial charge in [0.15, 0.2) is 0 Å². The fourth-order valence-electron chi connectivity index (χ4n) is 1.05. The van der Waals surface area contributed by atoms with E-state index in [-0.39, 0.29) is 5.08 Å². The summed E-state index contributed by atoms with van der Waals surface area (Å²) in [5, 5.41) is 0.277. The molecule has 0 aliphatic carbocycles. The zero-order chi connectivity index (χ0) is 7.84. The Labute approximate surface area is 69.5 Å². The van der Waals surface area contributed by atoms with Gasteiger partial charge in [-0.25, -0.2) is 0 Å². The number of hydrogen-bond acceptors (Lipinski definition) is 2. The van der Waals surface area contributed by atoms with Crippen molar-refractivity contribution >= 4 is 21.6 Å². The highest BCUT2D eigenvalue weighted by molar-refractivity contribution is 8.04. The molecule has 0 N–H and O–H groups in total. The van der Waals surface area contributed by atoms with Crippen molar-refractivity contribution in [2.45, 2.75) is 9.79 Å². The van der Waals surface area contributed by atoms with Gasteiger partial charge in [-0.15, -0.1) is 0 Å². The molecule has 58 valence electrons. The number of benzene rings is 1. The lowest BCUT2D eigenvalue weighted by Gasteiger charge is -1.91. The van der Waals surface area contributed by atoms with Crippen molar-refractivity contribution in [3.63, 3.8) is 0 Å². The molecule has 4 heteroatoms. The second-order valence-corrected chi connectivity index (χ2v) is 5.46. The summed E-state index contributed by atoms with van der Waals surface area (Å²) in [5.41, 5.74) is 0. The molecule has 1 heterocycles. The van der Waals surface area contributed by atoms with Crippen LogP contribution in [0.1, 0.15) is 0 Å². The van der Waals surface area contributed by atoms with Crippen LogP contribution in [0, 0.1) is 0 Å². The monoisotopic (exact) mass is 186 g/mol. The van der Waals surface area contributed by atoms with Crippen molar-refractivity contribution in [3.8, 4) is 0 Å². The maximum absolute atomic E-state index is 11.2. The van der Waals surface area contributed by atoms with Gasteiger partial charge in [0.1, 0.15) is 5.08 Å². The van der Waals surface area contributed by atoms with Crippen LogP contribution in [0.2, 0.25) is 0 Å². The van der Waals surface area contributed by atoms with Crippen molar-refractivity contribution in [2.24, 2.45) is 0 Å². The summed E-state index contributed by atoms with van der Waals surface area (Å²) in [7, 11) is -2.06. The van der Waals surface area contributed by atoms with Crippen LogP contribution in [0.15, 0.2) is 34.1 Å². The lowest BCUT2D eigenvalue weighted by molar-refractivity contribution is 0.685. The lowest BCUT2D eigenvalue weighted by atomic mass is 10.4. The molecule has 0 radical (unpaired) electrons. The molecule has 1 aliphatic rings. The molecule has 0 unspecified atom stereocenters. The first kappa shape index (κ1) is 7.18. The van der Waals surface area contributed by atoms with Gasteiger partial charge in [0, 0.05) is 0 Å². The Bertz CT molecular complexity index is 313. The molecule has 1 aromatic rings. The highest BCUT2D eigenvalue weighted by Gasteiger charge is 2.23. The van der Waals surface area contributed by atoms with Crippen LogP contribution in [0.4, 0.5) is 0 Å². The zero-order valence-electron chi connectivity index (χ0n) is 5.65. The van der Waals surface area contributed by atoms with Crippen LogP contribution in [-0.2, 0) is 21.6 Å². The van der Waals surface area contributed by atoms with Crippen LogP contribution in [0.25, 0.3) is 0 Å². The van der Waals surface area contributed by atoms with E-state index in [9.17, 15) is 8.42 Å². The summed E-state index contributed by atoms with van der Waals surface area (Å²) < 4.78 is 22.4. The maximum Gasteiger partial charge on any atom is 0.109 e. The smallest absolute Gasteiger partial charge is 0.109 e. The standard InChI is InChI=1S/C7H6O2S2/c8-10-5-11(9)7-4-2-1-3-6(7)10/h1-4H,5H2/t10-,11+. The topological polar surface area (TPSA) is 34.1 Å². The van der Waals surface area contributed by atoms with E-state index in [0.717, 1.165) is 9.79 Å². The van der Waals surface area contributed by atoms with Crippen LogP contribution in [0.5, 0.6) is 0 Å². The molecule has 0 spiro atoms. The molecule has 0 saturated carbocycles. The van der Waals surface area contributed by atoms with Gasteiger partial charge in [-0.2, -0.15) is 0 Å². The van der Waals surface area contributed by atoms with E-state index >= 15 is 0 Å². The average Bonchev–Trinajstić information content (AvgIpc) is 2.30. The molecule has 2 rings (SSSR count). The van der Waals surface area contributed by atoms with Crippen molar-refractivity contribution in [2.75, 3.05) is 5.08 Å². The molecule has 2 atom stereocenters. The summed E-state index contributed by atoms with van der Waals surface area (Å²) in [6.45, 7) is 0. The second kappa shape index (κ2) is 2.53. The van der Waals surface area contributed by atoms with E-state index in [1.165, 1.54) is 0 Å². The first-order chi connectivity index (χ1) is 5.29. The van der Waals surface area contributed by atoms with Gasteiger partial charge in [0.2, 0.25) is 0 Å². The predicted octanol–water partition coefficient (Wildman–Crippen LogP) is 0.873. The molecule has 0 amide bonds. The van der Waals surface area contributed by atoms with Crippen LogP contribution < -0.4 is 0 Å². The van der Waals surface area contributed by atoms with Gasteiger partial charge in [-0.1, -0.05) is 12.1 Å². The number of rotatable bonds is 0. The van der Waals surface area contributed by atoms with Crippen LogP contribution >= 0.6 is 0 Å². The predicted molar refractivity (Wildman–Crippen MR) is 44.1 cm³/mol. The normalized spacial score (nSPS) is 28.4. The number of hydrogen-bond donors (Lipinski definition) is 0. The largest absolute Gasteiger partial charge is 0.253 e. The third-order valence-electron chi connectivity index (χ3n) is 1.55. The van der Waals surface area contributed by atoms with E-state index in [0.29, 0.717) is 0 Å². The van der Waals surface area contributed by atoms with Crippen molar-refractivity contribution in [1.82, 2.24) is 0 Å².